The van der Waals surface area contributed by atoms with Crippen LogP contribution in [0.5, 0.6) is 0 Å². The lowest BCUT2D eigenvalue weighted by Crippen LogP contribution is -1.94. The van der Waals surface area contributed by atoms with Crippen LogP contribution in [-0.2, 0) is 0 Å². The molecule has 0 amide bonds. The molecule has 0 atom stereocenters. The van der Waals surface area contributed by atoms with Crippen LogP contribution in [0.15, 0.2) is 101 Å². The predicted molar refractivity (Wildman–Crippen MR) is 154 cm³/mol. The summed E-state index contributed by atoms with van der Waals surface area (Å²) < 4.78 is 13.9. The lowest BCUT2D eigenvalue weighted by Gasteiger charge is -2.03. The number of rotatable bonds is 1. The number of nitrogens with zero attached hydrogens (tertiary/aromatic N) is 2. The Morgan fingerprint density at radius 2 is 1.19 bits per heavy atom. The van der Waals surface area contributed by atoms with Crippen LogP contribution in [0.4, 0.5) is 0 Å². The predicted octanol–water partition coefficient (Wildman–Crippen LogP) is 9.66. The van der Waals surface area contributed by atoms with Crippen molar-refractivity contribution in [2.75, 3.05) is 0 Å². The van der Waals surface area contributed by atoms with Crippen molar-refractivity contribution in [3.63, 3.8) is 0 Å². The summed E-state index contributed by atoms with van der Waals surface area (Å²) in [6, 6.07) is 35.1. The third kappa shape index (κ3) is 2.34. The molecule has 0 spiro atoms. The van der Waals surface area contributed by atoms with Crippen molar-refractivity contribution in [1.82, 2.24) is 9.55 Å². The van der Waals surface area contributed by atoms with E-state index in [9.17, 15) is 0 Å². The van der Waals surface area contributed by atoms with Gasteiger partial charge in [-0.05, 0) is 36.4 Å². The fraction of sp³-hybridized carbons (Fsp3) is 0. The maximum atomic E-state index is 6.55. The number of fused-ring (bicyclic) bond motifs is 12. The molecule has 168 valence electrons. The van der Waals surface area contributed by atoms with Crippen molar-refractivity contribution >= 4 is 95.9 Å². The summed E-state index contributed by atoms with van der Waals surface area (Å²) in [5.74, 6) is 0. The molecule has 9 rings (SSSR count). The summed E-state index contributed by atoms with van der Waals surface area (Å²) in [7, 11) is 0. The number of thiophene rings is 2. The molecule has 3 nitrogen and oxygen atoms in total. The maximum Gasteiger partial charge on any atom is 0.307 e. The Morgan fingerprint density at radius 1 is 0.556 bits per heavy atom. The first-order chi connectivity index (χ1) is 17.8. The van der Waals surface area contributed by atoms with Crippen LogP contribution in [0, 0.1) is 0 Å². The van der Waals surface area contributed by atoms with Crippen molar-refractivity contribution in [3.8, 4) is 6.01 Å². The van der Waals surface area contributed by atoms with Gasteiger partial charge < -0.3 is 4.42 Å². The van der Waals surface area contributed by atoms with Crippen molar-refractivity contribution in [3.05, 3.63) is 97.1 Å². The van der Waals surface area contributed by atoms with E-state index in [1.807, 2.05) is 11.3 Å². The Hall–Kier alpha value is -4.19. The van der Waals surface area contributed by atoms with Gasteiger partial charge in [0.2, 0.25) is 0 Å². The zero-order valence-electron chi connectivity index (χ0n) is 18.9. The van der Waals surface area contributed by atoms with Crippen molar-refractivity contribution in [1.29, 1.82) is 0 Å². The summed E-state index contributed by atoms with van der Waals surface area (Å²) >= 11 is 3.64. The van der Waals surface area contributed by atoms with Crippen LogP contribution in [0.2, 0.25) is 0 Å². The molecule has 0 N–H and O–H groups in total. The molecule has 0 fully saturated rings. The van der Waals surface area contributed by atoms with E-state index < -0.39 is 0 Å². The van der Waals surface area contributed by atoms with Gasteiger partial charge in [0.05, 0.1) is 11.0 Å². The lowest BCUT2D eigenvalue weighted by atomic mass is 10.1. The summed E-state index contributed by atoms with van der Waals surface area (Å²) in [6.07, 6.45) is 0. The molecule has 0 aliphatic carbocycles. The maximum absolute atomic E-state index is 6.55. The number of hydrogen-bond acceptors (Lipinski definition) is 4. The molecule has 9 aromatic rings. The van der Waals surface area contributed by atoms with E-state index in [4.69, 9.17) is 9.40 Å². The minimum atomic E-state index is 0.613. The molecule has 0 saturated carbocycles. The minimum absolute atomic E-state index is 0.613. The van der Waals surface area contributed by atoms with Crippen molar-refractivity contribution in [2.24, 2.45) is 0 Å². The molecular weight excluding hydrogens is 480 g/mol. The van der Waals surface area contributed by atoms with Gasteiger partial charge in [-0.2, -0.15) is 4.98 Å². The van der Waals surface area contributed by atoms with E-state index >= 15 is 0 Å². The summed E-state index contributed by atoms with van der Waals surface area (Å²) in [5.41, 5.74) is 4.00. The van der Waals surface area contributed by atoms with Gasteiger partial charge in [0.25, 0.3) is 0 Å². The summed E-state index contributed by atoms with van der Waals surface area (Å²) in [5, 5.41) is 7.37. The highest BCUT2D eigenvalue weighted by Crippen LogP contribution is 2.44. The van der Waals surface area contributed by atoms with Gasteiger partial charge in [0, 0.05) is 51.1 Å². The van der Waals surface area contributed by atoms with Crippen LogP contribution < -0.4 is 0 Å². The molecule has 0 bridgehead atoms. The topological polar surface area (TPSA) is 31.0 Å². The number of aromatic nitrogens is 2. The van der Waals surface area contributed by atoms with Crippen LogP contribution in [0.3, 0.4) is 0 Å². The second-order valence-corrected chi connectivity index (χ2v) is 11.3. The lowest BCUT2D eigenvalue weighted by molar-refractivity contribution is 0.575. The van der Waals surface area contributed by atoms with Crippen LogP contribution in [0.25, 0.3) is 79.3 Å². The molecule has 36 heavy (non-hydrogen) atoms. The smallest absolute Gasteiger partial charge is 0.307 e. The van der Waals surface area contributed by atoms with Gasteiger partial charge in [0.15, 0.2) is 5.58 Å². The number of para-hydroxylation sites is 1. The molecule has 5 aromatic carbocycles. The third-order valence-corrected chi connectivity index (χ3v) is 9.53. The molecular formula is C31H16N2OS2. The zero-order valence-corrected chi connectivity index (χ0v) is 20.5. The summed E-state index contributed by atoms with van der Waals surface area (Å²) in [6.45, 7) is 0. The van der Waals surface area contributed by atoms with Gasteiger partial charge in [-0.15, -0.1) is 22.7 Å². The fourth-order valence-corrected chi connectivity index (χ4v) is 7.97. The molecule has 4 aromatic heterocycles. The first kappa shape index (κ1) is 19.1. The number of hydrogen-bond donors (Lipinski definition) is 0. The quantitative estimate of drug-likeness (QED) is 0.226. The highest BCUT2D eigenvalue weighted by Gasteiger charge is 2.22. The van der Waals surface area contributed by atoms with E-state index in [0.29, 0.717) is 6.01 Å². The first-order valence-corrected chi connectivity index (χ1v) is 13.5. The average molecular weight is 497 g/mol. The van der Waals surface area contributed by atoms with E-state index in [1.165, 1.54) is 51.1 Å². The zero-order chi connectivity index (χ0) is 23.4. The molecule has 0 saturated heterocycles. The second kappa shape index (κ2) is 6.72. The average Bonchev–Trinajstić information content (AvgIpc) is 3.66. The van der Waals surface area contributed by atoms with E-state index in [0.717, 1.165) is 22.1 Å². The molecule has 5 heteroatoms. The Bertz CT molecular complexity index is 2330. The second-order valence-electron chi connectivity index (χ2n) is 9.17. The monoisotopic (exact) mass is 496 g/mol. The third-order valence-electron chi connectivity index (χ3n) is 7.25. The normalized spacial score (nSPS) is 12.4. The summed E-state index contributed by atoms with van der Waals surface area (Å²) in [4.78, 5) is 5.18. The molecule has 0 unspecified atom stereocenters. The first-order valence-electron chi connectivity index (χ1n) is 11.9. The largest absolute Gasteiger partial charge is 0.423 e. The van der Waals surface area contributed by atoms with Gasteiger partial charge in [0.1, 0.15) is 5.52 Å². The van der Waals surface area contributed by atoms with Crippen LogP contribution in [0.1, 0.15) is 0 Å². The Kier molecular flexibility index (Phi) is 3.56. The van der Waals surface area contributed by atoms with Crippen LogP contribution >= 0.6 is 22.7 Å². The Morgan fingerprint density at radius 3 is 2.00 bits per heavy atom. The fourth-order valence-electron chi connectivity index (χ4n) is 5.75. The van der Waals surface area contributed by atoms with Crippen LogP contribution in [-0.4, -0.2) is 9.55 Å². The van der Waals surface area contributed by atoms with Crippen molar-refractivity contribution < 1.29 is 4.42 Å². The molecule has 0 radical (unpaired) electrons. The van der Waals surface area contributed by atoms with Gasteiger partial charge in [-0.25, -0.2) is 0 Å². The van der Waals surface area contributed by atoms with Gasteiger partial charge in [-0.3, -0.25) is 4.57 Å². The standard InChI is InChI=1S/C31H16N2OS2/c1-4-10-21-17(7-1)18-13-15-26-28(20-9-3-6-12-24(20)36-26)30(18)33(21)31-32-29-22(34-31)14-16-25-27(29)19-8-2-5-11-23(19)35-25/h1-16H. The highest BCUT2D eigenvalue weighted by molar-refractivity contribution is 7.26. The minimum Gasteiger partial charge on any atom is -0.423 e. The molecule has 0 aliphatic heterocycles. The number of benzene rings is 5. The number of oxazole rings is 1. The van der Waals surface area contributed by atoms with E-state index in [2.05, 4.69) is 102 Å². The molecule has 0 aliphatic rings. The van der Waals surface area contributed by atoms with Crippen molar-refractivity contribution in [2.45, 2.75) is 0 Å². The Balaban J connectivity index is 1.49. The van der Waals surface area contributed by atoms with Gasteiger partial charge >= 0.3 is 6.01 Å². The molecule has 4 heterocycles. The SMILES string of the molecule is c1ccc2c(c1)sc1ccc3oc(-n4c5ccccc5c5ccc6sc7ccccc7c6c54)nc3c12. The van der Waals surface area contributed by atoms with Gasteiger partial charge in [-0.1, -0.05) is 60.7 Å². The highest BCUT2D eigenvalue weighted by atomic mass is 32.1. The van der Waals surface area contributed by atoms with E-state index in [1.54, 1.807) is 11.3 Å². The Labute approximate surface area is 212 Å². The van der Waals surface area contributed by atoms with E-state index in [-0.39, 0.29) is 0 Å².